The van der Waals surface area contributed by atoms with Crippen molar-refractivity contribution in [1.82, 2.24) is 4.98 Å². The highest BCUT2D eigenvalue weighted by molar-refractivity contribution is 5.80. The predicted molar refractivity (Wildman–Crippen MR) is 63.7 cm³/mol. The molecule has 1 aromatic carbocycles. The zero-order valence-electron chi connectivity index (χ0n) is 9.78. The van der Waals surface area contributed by atoms with Gasteiger partial charge in [0.15, 0.2) is 0 Å². The summed E-state index contributed by atoms with van der Waals surface area (Å²) in [6, 6.07) is 8.92. The van der Waals surface area contributed by atoms with Gasteiger partial charge in [-0.25, -0.2) is 13.8 Å². The molecule has 1 fully saturated rings. The van der Waals surface area contributed by atoms with Gasteiger partial charge < -0.3 is 10.5 Å². The van der Waals surface area contributed by atoms with Crippen molar-refractivity contribution in [1.29, 1.82) is 0 Å². The van der Waals surface area contributed by atoms with Crippen molar-refractivity contribution in [2.75, 3.05) is 7.11 Å². The Bertz CT molecular complexity index is 629. The van der Waals surface area contributed by atoms with Crippen molar-refractivity contribution in [3.63, 3.8) is 0 Å². The molecule has 3 rings (SSSR count). The molecule has 2 N–H and O–H groups in total. The molecule has 5 heteroatoms. The molecule has 1 atom stereocenters. The van der Waals surface area contributed by atoms with Gasteiger partial charge in [0, 0.05) is 17.4 Å². The number of nitrogens with two attached hydrogens (primary N) is 1. The third-order valence-electron chi connectivity index (χ3n) is 3.39. The molecule has 18 heavy (non-hydrogen) atoms. The Morgan fingerprint density at radius 3 is 2.61 bits per heavy atom. The molecule has 1 heterocycles. The van der Waals surface area contributed by atoms with Gasteiger partial charge in [-0.1, -0.05) is 18.2 Å². The summed E-state index contributed by atoms with van der Waals surface area (Å²) in [5.41, 5.74) is 5.07. The van der Waals surface area contributed by atoms with Crippen LogP contribution in [-0.2, 0) is 5.54 Å². The lowest BCUT2D eigenvalue weighted by Gasteiger charge is -2.15. The number of hydrogen-bond acceptors (Lipinski definition) is 3. The first-order valence-corrected chi connectivity index (χ1v) is 5.59. The maximum atomic E-state index is 13.4. The molecular weight excluding hydrogens is 238 g/mol. The number of ether oxygens (including phenoxy) is 1. The van der Waals surface area contributed by atoms with Crippen molar-refractivity contribution in [2.45, 2.75) is 17.9 Å². The monoisotopic (exact) mass is 250 g/mol. The molecule has 1 saturated carbocycles. The summed E-state index contributed by atoms with van der Waals surface area (Å²) in [4.78, 5) is 4.23. The van der Waals surface area contributed by atoms with Crippen LogP contribution in [-0.4, -0.2) is 18.0 Å². The first-order chi connectivity index (χ1) is 8.48. The molecule has 0 radical (unpaired) electrons. The summed E-state index contributed by atoms with van der Waals surface area (Å²) in [7, 11) is 1.41. The first kappa shape index (κ1) is 11.3. The summed E-state index contributed by atoms with van der Waals surface area (Å²) in [5.74, 6) is -2.71. The number of para-hydroxylation sites is 1. The second kappa shape index (κ2) is 3.38. The van der Waals surface area contributed by atoms with Crippen LogP contribution in [0.5, 0.6) is 5.88 Å². The van der Waals surface area contributed by atoms with Gasteiger partial charge in [0.1, 0.15) is 5.54 Å². The average molecular weight is 250 g/mol. The molecule has 0 amide bonds. The molecule has 0 bridgehead atoms. The van der Waals surface area contributed by atoms with Crippen molar-refractivity contribution >= 4 is 10.9 Å². The minimum Gasteiger partial charge on any atom is -0.481 e. The highest BCUT2D eigenvalue weighted by atomic mass is 19.3. The van der Waals surface area contributed by atoms with Crippen LogP contribution in [0.25, 0.3) is 10.9 Å². The largest absolute Gasteiger partial charge is 0.481 e. The highest BCUT2D eigenvalue weighted by Crippen LogP contribution is 2.59. The van der Waals surface area contributed by atoms with Crippen LogP contribution in [0.15, 0.2) is 30.3 Å². The van der Waals surface area contributed by atoms with Crippen molar-refractivity contribution in [3.05, 3.63) is 35.9 Å². The minimum atomic E-state index is -2.88. The van der Waals surface area contributed by atoms with E-state index in [1.807, 2.05) is 18.2 Å². The van der Waals surface area contributed by atoms with E-state index in [2.05, 4.69) is 4.98 Å². The summed E-state index contributed by atoms with van der Waals surface area (Å²) in [6.45, 7) is 0. The van der Waals surface area contributed by atoms with Crippen LogP contribution in [0.1, 0.15) is 12.0 Å². The average Bonchev–Trinajstić information content (AvgIpc) is 2.88. The molecule has 94 valence electrons. The van der Waals surface area contributed by atoms with Gasteiger partial charge >= 0.3 is 0 Å². The number of fused-ring (bicyclic) bond motifs is 1. The van der Waals surface area contributed by atoms with E-state index < -0.39 is 11.5 Å². The summed E-state index contributed by atoms with van der Waals surface area (Å²) < 4.78 is 31.8. The van der Waals surface area contributed by atoms with Crippen molar-refractivity contribution < 1.29 is 13.5 Å². The minimum absolute atomic E-state index is 0.174. The van der Waals surface area contributed by atoms with Crippen LogP contribution in [0, 0.1) is 0 Å². The molecule has 1 aliphatic rings. The van der Waals surface area contributed by atoms with Gasteiger partial charge in [0.05, 0.1) is 12.6 Å². The normalized spacial score (nSPS) is 25.1. The SMILES string of the molecule is COc1nc2ccccc2cc1C1(N)CC1(F)F. The quantitative estimate of drug-likeness (QED) is 0.890. The smallest absolute Gasteiger partial charge is 0.272 e. The second-order valence-corrected chi connectivity index (χ2v) is 4.59. The summed E-state index contributed by atoms with van der Waals surface area (Å²) >= 11 is 0. The number of alkyl halides is 2. The number of halogens is 2. The standard InChI is InChI=1S/C13H12F2N2O/c1-18-11-9(12(16)7-13(12,14)15)6-8-4-2-3-5-10(8)17-11/h2-6H,7,16H2,1H3. The topological polar surface area (TPSA) is 48.1 Å². The zero-order chi connectivity index (χ0) is 13.0. The lowest BCUT2D eigenvalue weighted by molar-refractivity contribution is 0.0883. The van der Waals surface area contributed by atoms with Crippen LogP contribution in [0.3, 0.4) is 0 Å². The number of methoxy groups -OCH3 is 1. The Labute approximate surface area is 103 Å². The van der Waals surface area contributed by atoms with Gasteiger partial charge in [-0.15, -0.1) is 0 Å². The summed E-state index contributed by atoms with van der Waals surface area (Å²) in [6.07, 6.45) is -0.365. The van der Waals surface area contributed by atoms with E-state index in [0.717, 1.165) is 5.39 Å². The fourth-order valence-electron chi connectivity index (χ4n) is 2.17. The van der Waals surface area contributed by atoms with E-state index in [4.69, 9.17) is 10.5 Å². The summed E-state index contributed by atoms with van der Waals surface area (Å²) in [5, 5.41) is 0.779. The Hall–Kier alpha value is -1.75. The van der Waals surface area contributed by atoms with Crippen LogP contribution >= 0.6 is 0 Å². The predicted octanol–water partition coefficient (Wildman–Crippen LogP) is 2.44. The molecule has 1 unspecified atom stereocenters. The number of nitrogens with zero attached hydrogens (tertiary/aromatic N) is 1. The molecule has 0 spiro atoms. The van der Waals surface area contributed by atoms with Gasteiger partial charge in [-0.2, -0.15) is 0 Å². The fraction of sp³-hybridized carbons (Fsp3) is 0.308. The maximum absolute atomic E-state index is 13.4. The lowest BCUT2D eigenvalue weighted by Crippen LogP contribution is -2.28. The van der Waals surface area contributed by atoms with Gasteiger partial charge in [0.2, 0.25) is 5.88 Å². The van der Waals surface area contributed by atoms with E-state index in [0.29, 0.717) is 5.52 Å². The Kier molecular flexibility index (Phi) is 2.13. The van der Waals surface area contributed by atoms with E-state index >= 15 is 0 Å². The molecule has 3 nitrogen and oxygen atoms in total. The number of rotatable bonds is 2. The van der Waals surface area contributed by atoms with Crippen molar-refractivity contribution in [2.24, 2.45) is 5.73 Å². The van der Waals surface area contributed by atoms with Crippen LogP contribution < -0.4 is 10.5 Å². The van der Waals surface area contributed by atoms with Crippen molar-refractivity contribution in [3.8, 4) is 5.88 Å². The second-order valence-electron chi connectivity index (χ2n) is 4.59. The molecule has 1 aliphatic carbocycles. The first-order valence-electron chi connectivity index (χ1n) is 5.59. The Morgan fingerprint density at radius 2 is 2.00 bits per heavy atom. The third-order valence-corrected chi connectivity index (χ3v) is 3.39. The Morgan fingerprint density at radius 1 is 1.33 bits per heavy atom. The van der Waals surface area contributed by atoms with E-state index in [1.54, 1.807) is 12.1 Å². The molecule has 2 aromatic rings. The molecular formula is C13H12F2N2O. The number of benzene rings is 1. The molecule has 0 aliphatic heterocycles. The highest BCUT2D eigenvalue weighted by Gasteiger charge is 2.71. The van der Waals surface area contributed by atoms with Crippen LogP contribution in [0.2, 0.25) is 0 Å². The lowest BCUT2D eigenvalue weighted by atomic mass is 10.0. The van der Waals surface area contributed by atoms with E-state index in [9.17, 15) is 8.78 Å². The van der Waals surface area contributed by atoms with E-state index in [1.165, 1.54) is 7.11 Å². The van der Waals surface area contributed by atoms with Gasteiger partial charge in [0.25, 0.3) is 5.92 Å². The third kappa shape index (κ3) is 1.40. The van der Waals surface area contributed by atoms with Crippen LogP contribution in [0.4, 0.5) is 8.78 Å². The Balaban J connectivity index is 2.23. The fourth-order valence-corrected chi connectivity index (χ4v) is 2.17. The van der Waals surface area contributed by atoms with E-state index in [-0.39, 0.29) is 17.9 Å². The van der Waals surface area contributed by atoms with Gasteiger partial charge in [-0.3, -0.25) is 0 Å². The number of aromatic nitrogens is 1. The zero-order valence-corrected chi connectivity index (χ0v) is 9.78. The molecule has 1 aromatic heterocycles. The van der Waals surface area contributed by atoms with Gasteiger partial charge in [-0.05, 0) is 12.1 Å². The number of pyridine rings is 1. The maximum Gasteiger partial charge on any atom is 0.272 e. The number of hydrogen-bond donors (Lipinski definition) is 1. The molecule has 0 saturated heterocycles.